The van der Waals surface area contributed by atoms with Gasteiger partial charge in [0.1, 0.15) is 6.61 Å². The molecule has 0 aliphatic heterocycles. The Morgan fingerprint density at radius 1 is 1.13 bits per heavy atom. The van der Waals surface area contributed by atoms with Gasteiger partial charge in [0, 0.05) is 12.3 Å². The van der Waals surface area contributed by atoms with Gasteiger partial charge in [-0.3, -0.25) is 9.69 Å². The molecule has 0 aliphatic carbocycles. The number of hydrogen-bond acceptors (Lipinski definition) is 5. The number of carbonyl (C=O) groups excluding carboxylic acids is 2. The normalized spacial score (nSPS) is 11.3. The zero-order valence-electron chi connectivity index (χ0n) is 17.0. The number of halogens is 3. The summed E-state index contributed by atoms with van der Waals surface area (Å²) in [7, 11) is 0. The molecule has 3 rings (SSSR count). The molecule has 162 valence electrons. The van der Waals surface area contributed by atoms with Gasteiger partial charge < -0.3 is 4.74 Å². The molecule has 0 spiro atoms. The first-order chi connectivity index (χ1) is 14.6. The van der Waals surface area contributed by atoms with Gasteiger partial charge in [0.25, 0.3) is 0 Å². The largest absolute Gasteiger partial charge is 0.456 e. The molecule has 0 unspecified atom stereocenters. The number of esters is 1. The number of alkyl halides is 3. The Labute approximate surface area is 181 Å². The Kier molecular flexibility index (Phi) is 6.45. The predicted octanol–water partition coefficient (Wildman–Crippen LogP) is 5.82. The fraction of sp³-hybridized carbons (Fsp3) is 0.227. The Morgan fingerprint density at radius 2 is 1.87 bits per heavy atom. The lowest BCUT2D eigenvalue weighted by atomic mass is 10.1. The minimum Gasteiger partial charge on any atom is -0.456 e. The molecule has 1 amide bonds. The van der Waals surface area contributed by atoms with Gasteiger partial charge in [0.2, 0.25) is 5.91 Å². The second kappa shape index (κ2) is 8.89. The summed E-state index contributed by atoms with van der Waals surface area (Å²) in [6.45, 7) is 4.78. The Morgan fingerprint density at radius 3 is 2.55 bits per heavy atom. The van der Waals surface area contributed by atoms with Crippen LogP contribution >= 0.6 is 11.3 Å². The third-order valence-electron chi connectivity index (χ3n) is 4.44. The number of amides is 1. The summed E-state index contributed by atoms with van der Waals surface area (Å²) in [6.07, 6.45) is -4.53. The molecule has 1 heterocycles. The van der Waals surface area contributed by atoms with E-state index in [2.05, 4.69) is 4.98 Å². The third-order valence-corrected chi connectivity index (χ3v) is 5.32. The molecule has 0 radical (unpaired) electrons. The van der Waals surface area contributed by atoms with Crippen molar-refractivity contribution >= 4 is 34.0 Å². The molecule has 0 aliphatic rings. The maximum atomic E-state index is 13.0. The van der Waals surface area contributed by atoms with E-state index in [0.29, 0.717) is 11.3 Å². The van der Waals surface area contributed by atoms with Gasteiger partial charge in [-0.05, 0) is 43.7 Å². The lowest BCUT2D eigenvalue weighted by molar-refractivity contribution is -0.137. The molecule has 5 nitrogen and oxygen atoms in total. The van der Waals surface area contributed by atoms with E-state index in [4.69, 9.17) is 4.74 Å². The average molecular weight is 448 g/mol. The molecule has 0 saturated heterocycles. The first kappa shape index (κ1) is 22.5. The van der Waals surface area contributed by atoms with Gasteiger partial charge in [-0.15, -0.1) is 11.3 Å². The van der Waals surface area contributed by atoms with Crippen LogP contribution in [-0.2, 0) is 22.3 Å². The van der Waals surface area contributed by atoms with Crippen LogP contribution in [0, 0.1) is 13.8 Å². The van der Waals surface area contributed by atoms with Gasteiger partial charge in [0.15, 0.2) is 5.13 Å². The van der Waals surface area contributed by atoms with E-state index in [1.165, 1.54) is 19.1 Å². The number of nitrogens with zero attached hydrogens (tertiary/aromatic N) is 2. The zero-order chi connectivity index (χ0) is 22.8. The molecule has 0 N–H and O–H groups in total. The molecule has 9 heteroatoms. The fourth-order valence-corrected chi connectivity index (χ4v) is 3.76. The first-order valence-corrected chi connectivity index (χ1v) is 10.1. The number of benzene rings is 2. The van der Waals surface area contributed by atoms with Crippen molar-refractivity contribution in [3.63, 3.8) is 0 Å². The minimum absolute atomic E-state index is 0.0515. The molecular weight excluding hydrogens is 429 g/mol. The fourth-order valence-electron chi connectivity index (χ4n) is 2.89. The van der Waals surface area contributed by atoms with E-state index in [1.807, 2.05) is 19.1 Å². The minimum atomic E-state index is -4.53. The number of hydrogen-bond donors (Lipinski definition) is 0. The van der Waals surface area contributed by atoms with Crippen LogP contribution in [-0.4, -0.2) is 16.9 Å². The lowest BCUT2D eigenvalue weighted by Gasteiger charge is -2.19. The van der Waals surface area contributed by atoms with Gasteiger partial charge in [-0.1, -0.05) is 23.8 Å². The average Bonchev–Trinajstić information content (AvgIpc) is 3.16. The third kappa shape index (κ3) is 5.29. The number of ether oxygens (including phenoxy) is 1. The van der Waals surface area contributed by atoms with Crippen molar-refractivity contribution in [2.75, 3.05) is 4.90 Å². The predicted molar refractivity (Wildman–Crippen MR) is 111 cm³/mol. The van der Waals surface area contributed by atoms with Crippen molar-refractivity contribution in [3.05, 3.63) is 75.8 Å². The van der Waals surface area contributed by atoms with Crippen LogP contribution in [0.3, 0.4) is 0 Å². The maximum Gasteiger partial charge on any atom is 0.416 e. The summed E-state index contributed by atoms with van der Waals surface area (Å²) >= 11 is 1.07. The standard InChI is InChI=1S/C22H19F3N2O3S/c1-13-7-8-14(2)19(9-13)20(29)30-11-17-12-31-21(26-17)27(15(3)28)18-6-4-5-16(10-18)22(23,24)25/h4-10,12H,11H2,1-3H3. The van der Waals surface area contributed by atoms with Crippen molar-refractivity contribution in [3.8, 4) is 0 Å². The second-order valence-corrected chi connectivity index (χ2v) is 7.75. The van der Waals surface area contributed by atoms with Crippen LogP contribution in [0.1, 0.15) is 39.7 Å². The number of thiazole rings is 1. The Hall–Kier alpha value is -3.20. The van der Waals surface area contributed by atoms with Crippen molar-refractivity contribution in [2.45, 2.75) is 33.6 Å². The summed E-state index contributed by atoms with van der Waals surface area (Å²) in [5.74, 6) is -0.996. The van der Waals surface area contributed by atoms with Crippen LogP contribution in [0.4, 0.5) is 24.0 Å². The number of aromatic nitrogens is 1. The van der Waals surface area contributed by atoms with Gasteiger partial charge in [-0.25, -0.2) is 9.78 Å². The molecule has 0 saturated carbocycles. The highest BCUT2D eigenvalue weighted by Gasteiger charge is 2.31. The first-order valence-electron chi connectivity index (χ1n) is 9.23. The Bertz CT molecular complexity index is 1130. The smallest absolute Gasteiger partial charge is 0.416 e. The summed E-state index contributed by atoms with van der Waals surface area (Å²) in [5.41, 5.74) is 1.72. The monoisotopic (exact) mass is 448 g/mol. The van der Waals surface area contributed by atoms with Gasteiger partial charge >= 0.3 is 12.1 Å². The highest BCUT2D eigenvalue weighted by molar-refractivity contribution is 7.14. The van der Waals surface area contributed by atoms with Crippen LogP contribution in [0.25, 0.3) is 0 Å². The van der Waals surface area contributed by atoms with E-state index in [1.54, 1.807) is 18.4 Å². The van der Waals surface area contributed by atoms with E-state index in [9.17, 15) is 22.8 Å². The van der Waals surface area contributed by atoms with Gasteiger partial charge in [-0.2, -0.15) is 13.2 Å². The molecule has 3 aromatic rings. The highest BCUT2D eigenvalue weighted by Crippen LogP contribution is 2.35. The Balaban J connectivity index is 1.79. The van der Waals surface area contributed by atoms with Crippen LogP contribution in [0.5, 0.6) is 0 Å². The van der Waals surface area contributed by atoms with Crippen LogP contribution in [0.2, 0.25) is 0 Å². The molecule has 0 bridgehead atoms. The van der Waals surface area contributed by atoms with Crippen molar-refractivity contribution in [1.82, 2.24) is 4.98 Å². The molecule has 0 fully saturated rings. The second-order valence-electron chi connectivity index (χ2n) is 6.92. The van der Waals surface area contributed by atoms with Gasteiger partial charge in [0.05, 0.1) is 22.5 Å². The molecular formula is C22H19F3N2O3S. The number of anilines is 2. The lowest BCUT2D eigenvalue weighted by Crippen LogP contribution is -2.23. The van der Waals surface area contributed by atoms with Crippen molar-refractivity contribution < 1.29 is 27.5 Å². The topological polar surface area (TPSA) is 59.5 Å². The molecule has 2 aromatic carbocycles. The maximum absolute atomic E-state index is 13.0. The number of carbonyl (C=O) groups is 2. The summed E-state index contributed by atoms with van der Waals surface area (Å²) in [6, 6.07) is 9.91. The van der Waals surface area contributed by atoms with E-state index in [0.717, 1.165) is 39.5 Å². The molecule has 31 heavy (non-hydrogen) atoms. The highest BCUT2D eigenvalue weighted by atomic mass is 32.1. The summed E-state index contributed by atoms with van der Waals surface area (Å²) in [5, 5.41) is 1.78. The van der Waals surface area contributed by atoms with E-state index in [-0.39, 0.29) is 17.4 Å². The van der Waals surface area contributed by atoms with Crippen molar-refractivity contribution in [1.29, 1.82) is 0 Å². The summed E-state index contributed by atoms with van der Waals surface area (Å²) < 4.78 is 44.5. The van der Waals surface area contributed by atoms with Crippen molar-refractivity contribution in [2.24, 2.45) is 0 Å². The molecule has 0 atom stereocenters. The quantitative estimate of drug-likeness (QED) is 0.462. The number of rotatable bonds is 5. The summed E-state index contributed by atoms with van der Waals surface area (Å²) in [4.78, 5) is 29.9. The van der Waals surface area contributed by atoms with Crippen LogP contribution < -0.4 is 4.90 Å². The molecule has 1 aromatic heterocycles. The van der Waals surface area contributed by atoms with Crippen LogP contribution in [0.15, 0.2) is 47.8 Å². The zero-order valence-corrected chi connectivity index (χ0v) is 17.8. The van der Waals surface area contributed by atoms with E-state index < -0.39 is 23.6 Å². The number of aryl methyl sites for hydroxylation is 2. The van der Waals surface area contributed by atoms with E-state index >= 15 is 0 Å². The SMILES string of the molecule is CC(=O)N(c1cccc(C(F)(F)F)c1)c1nc(COC(=O)c2cc(C)ccc2C)cs1.